The second kappa shape index (κ2) is 6.50. The first kappa shape index (κ1) is 16.0. The summed E-state index contributed by atoms with van der Waals surface area (Å²) in [7, 11) is 0. The maximum Gasteiger partial charge on any atom is 0.245 e. The molecule has 1 atom stereocenters. The molecule has 1 saturated heterocycles. The Labute approximate surface area is 156 Å². The molecule has 0 bridgehead atoms. The number of imidazole rings is 1. The Morgan fingerprint density at radius 2 is 1.89 bits per heavy atom. The number of para-hydroxylation sites is 3. The molecule has 2 aromatic carbocycles. The van der Waals surface area contributed by atoms with Crippen molar-refractivity contribution in [2.75, 3.05) is 6.54 Å². The van der Waals surface area contributed by atoms with Crippen molar-refractivity contribution in [2.24, 2.45) is 0 Å². The lowest BCUT2D eigenvalue weighted by atomic mass is 10.0. The number of piperidine rings is 1. The molecule has 3 heterocycles. The molecule has 1 aliphatic heterocycles. The Morgan fingerprint density at radius 1 is 1.07 bits per heavy atom. The number of aromatic amines is 1. The van der Waals surface area contributed by atoms with Gasteiger partial charge in [0.25, 0.3) is 0 Å². The van der Waals surface area contributed by atoms with E-state index in [0.29, 0.717) is 0 Å². The van der Waals surface area contributed by atoms with Crippen LogP contribution in [0, 0.1) is 0 Å². The topological polar surface area (TPSA) is 79.7 Å². The van der Waals surface area contributed by atoms with Crippen LogP contribution in [-0.4, -0.2) is 42.3 Å². The molecule has 0 saturated carbocycles. The van der Waals surface area contributed by atoms with Crippen LogP contribution in [0.3, 0.4) is 0 Å². The summed E-state index contributed by atoms with van der Waals surface area (Å²) in [6.07, 6.45) is 3.03. The second-order valence-corrected chi connectivity index (χ2v) is 6.97. The Morgan fingerprint density at radius 3 is 2.78 bits per heavy atom. The van der Waals surface area contributed by atoms with Crippen LogP contribution in [-0.2, 0) is 11.3 Å². The molecule has 4 aromatic rings. The van der Waals surface area contributed by atoms with Crippen molar-refractivity contribution < 1.29 is 4.79 Å². The summed E-state index contributed by atoms with van der Waals surface area (Å²) in [6.45, 7) is 0.935. The maximum atomic E-state index is 13.1. The van der Waals surface area contributed by atoms with Crippen LogP contribution < -0.4 is 0 Å². The summed E-state index contributed by atoms with van der Waals surface area (Å²) in [4.78, 5) is 23.2. The SMILES string of the molecule is O=C(Cn1nnc2ccccc21)N1CCCC[C@@H]1c1nc2ccccc2[nH]1. The third-order valence-corrected chi connectivity index (χ3v) is 5.25. The van der Waals surface area contributed by atoms with E-state index in [-0.39, 0.29) is 18.5 Å². The van der Waals surface area contributed by atoms with E-state index in [2.05, 4.69) is 15.3 Å². The van der Waals surface area contributed by atoms with Crippen LogP contribution in [0.4, 0.5) is 0 Å². The number of hydrogen-bond acceptors (Lipinski definition) is 4. The van der Waals surface area contributed by atoms with Crippen molar-refractivity contribution in [1.82, 2.24) is 29.9 Å². The van der Waals surface area contributed by atoms with Gasteiger partial charge in [0.05, 0.1) is 22.6 Å². The van der Waals surface area contributed by atoms with Gasteiger partial charge in [-0.05, 0) is 43.5 Å². The van der Waals surface area contributed by atoms with Gasteiger partial charge in [0.1, 0.15) is 17.9 Å². The largest absolute Gasteiger partial charge is 0.340 e. The van der Waals surface area contributed by atoms with Crippen LogP contribution in [0.2, 0.25) is 0 Å². The summed E-state index contributed by atoms with van der Waals surface area (Å²) in [5.74, 6) is 0.920. The van der Waals surface area contributed by atoms with Crippen molar-refractivity contribution in [3.05, 3.63) is 54.4 Å². The van der Waals surface area contributed by atoms with Crippen molar-refractivity contribution >= 4 is 28.0 Å². The van der Waals surface area contributed by atoms with E-state index < -0.39 is 0 Å². The van der Waals surface area contributed by atoms with Gasteiger partial charge in [0, 0.05) is 6.54 Å². The molecule has 27 heavy (non-hydrogen) atoms. The number of hydrogen-bond donors (Lipinski definition) is 1. The number of rotatable bonds is 3. The molecular formula is C20H20N6O. The fourth-order valence-corrected chi connectivity index (χ4v) is 3.90. The van der Waals surface area contributed by atoms with Gasteiger partial charge in [0.15, 0.2) is 0 Å². The lowest BCUT2D eigenvalue weighted by Gasteiger charge is -2.34. The average Bonchev–Trinajstić information content (AvgIpc) is 3.32. The monoisotopic (exact) mass is 360 g/mol. The number of nitrogens with zero attached hydrogens (tertiary/aromatic N) is 5. The van der Waals surface area contributed by atoms with Crippen LogP contribution in [0.25, 0.3) is 22.1 Å². The summed E-state index contributed by atoms with van der Waals surface area (Å²) in [6, 6.07) is 15.7. The standard InChI is InChI=1S/C20H20N6O/c27-19(13-26-17-10-4-3-9-16(17)23-24-26)25-12-6-5-11-18(25)20-21-14-7-1-2-8-15(14)22-20/h1-4,7-10,18H,5-6,11-13H2,(H,21,22)/t18-/m1/s1. The number of likely N-dealkylation sites (tertiary alicyclic amines) is 1. The highest BCUT2D eigenvalue weighted by Crippen LogP contribution is 2.30. The van der Waals surface area contributed by atoms with E-state index in [0.717, 1.165) is 53.7 Å². The number of benzene rings is 2. The quantitative estimate of drug-likeness (QED) is 0.609. The Kier molecular flexibility index (Phi) is 3.85. The van der Waals surface area contributed by atoms with Gasteiger partial charge in [0.2, 0.25) is 5.91 Å². The van der Waals surface area contributed by atoms with E-state index in [9.17, 15) is 4.79 Å². The normalized spacial score (nSPS) is 17.6. The van der Waals surface area contributed by atoms with Crippen LogP contribution >= 0.6 is 0 Å². The van der Waals surface area contributed by atoms with E-state index >= 15 is 0 Å². The third-order valence-electron chi connectivity index (χ3n) is 5.25. The zero-order valence-electron chi connectivity index (χ0n) is 14.9. The molecule has 1 aliphatic rings. The van der Waals surface area contributed by atoms with Crippen LogP contribution in [0.15, 0.2) is 48.5 Å². The highest BCUT2D eigenvalue weighted by molar-refractivity contribution is 5.80. The lowest BCUT2D eigenvalue weighted by molar-refractivity contribution is -0.136. The minimum atomic E-state index is -0.0200. The number of nitrogens with one attached hydrogen (secondary N) is 1. The molecule has 0 spiro atoms. The predicted molar refractivity (Wildman–Crippen MR) is 102 cm³/mol. The molecule has 5 rings (SSSR count). The van der Waals surface area contributed by atoms with Crippen molar-refractivity contribution in [2.45, 2.75) is 31.8 Å². The molecule has 7 nitrogen and oxygen atoms in total. The molecule has 0 unspecified atom stereocenters. The first-order valence-corrected chi connectivity index (χ1v) is 9.32. The molecule has 0 radical (unpaired) electrons. The first-order valence-electron chi connectivity index (χ1n) is 9.32. The van der Waals surface area contributed by atoms with Crippen LogP contribution in [0.1, 0.15) is 31.1 Å². The zero-order chi connectivity index (χ0) is 18.2. The maximum absolute atomic E-state index is 13.1. The molecule has 1 fully saturated rings. The van der Waals surface area contributed by atoms with Gasteiger partial charge in [-0.2, -0.15) is 0 Å². The van der Waals surface area contributed by atoms with Crippen molar-refractivity contribution in [3.63, 3.8) is 0 Å². The van der Waals surface area contributed by atoms with Crippen LogP contribution in [0.5, 0.6) is 0 Å². The Bertz CT molecular complexity index is 1080. The molecular weight excluding hydrogens is 340 g/mol. The average molecular weight is 360 g/mol. The summed E-state index contributed by atoms with van der Waals surface area (Å²) in [5.41, 5.74) is 3.63. The van der Waals surface area contributed by atoms with Crippen molar-refractivity contribution in [3.8, 4) is 0 Å². The number of carbonyl (C=O) groups excluding carboxylic acids is 1. The number of carbonyl (C=O) groups is 1. The fraction of sp³-hybridized carbons (Fsp3) is 0.300. The molecule has 0 aliphatic carbocycles. The summed E-state index contributed by atoms with van der Waals surface area (Å²) in [5, 5.41) is 8.30. The van der Waals surface area contributed by atoms with E-state index in [1.165, 1.54) is 0 Å². The zero-order valence-corrected chi connectivity index (χ0v) is 14.9. The van der Waals surface area contributed by atoms with Gasteiger partial charge < -0.3 is 9.88 Å². The number of amides is 1. The minimum Gasteiger partial charge on any atom is -0.340 e. The third kappa shape index (κ3) is 2.85. The number of fused-ring (bicyclic) bond motifs is 2. The lowest BCUT2D eigenvalue weighted by Crippen LogP contribution is -2.40. The smallest absolute Gasteiger partial charge is 0.245 e. The molecule has 2 aromatic heterocycles. The van der Waals surface area contributed by atoms with Gasteiger partial charge in [-0.1, -0.05) is 29.5 Å². The first-order chi connectivity index (χ1) is 13.3. The Hall–Kier alpha value is -3.22. The van der Waals surface area contributed by atoms with Gasteiger partial charge in [-0.15, -0.1) is 5.10 Å². The Balaban J connectivity index is 1.43. The second-order valence-electron chi connectivity index (χ2n) is 6.97. The molecule has 7 heteroatoms. The summed E-state index contributed by atoms with van der Waals surface area (Å²) >= 11 is 0. The van der Waals surface area contributed by atoms with Gasteiger partial charge >= 0.3 is 0 Å². The molecule has 136 valence electrons. The highest BCUT2D eigenvalue weighted by atomic mass is 16.2. The summed E-state index contributed by atoms with van der Waals surface area (Å²) < 4.78 is 1.68. The van der Waals surface area contributed by atoms with E-state index in [4.69, 9.17) is 4.98 Å². The highest BCUT2D eigenvalue weighted by Gasteiger charge is 2.30. The molecule has 1 N–H and O–H groups in total. The fourth-order valence-electron chi connectivity index (χ4n) is 3.90. The number of aromatic nitrogens is 5. The predicted octanol–water partition coefficient (Wildman–Crippen LogP) is 3.06. The van der Waals surface area contributed by atoms with Gasteiger partial charge in [-0.3, -0.25) is 4.79 Å². The van der Waals surface area contributed by atoms with E-state index in [1.807, 2.05) is 53.4 Å². The number of H-pyrrole nitrogens is 1. The molecule has 1 amide bonds. The van der Waals surface area contributed by atoms with E-state index in [1.54, 1.807) is 4.68 Å². The van der Waals surface area contributed by atoms with Crippen molar-refractivity contribution in [1.29, 1.82) is 0 Å². The minimum absolute atomic E-state index is 0.0200. The van der Waals surface area contributed by atoms with Gasteiger partial charge in [-0.25, -0.2) is 9.67 Å².